The molecule has 0 atom stereocenters. The Morgan fingerprint density at radius 3 is 2.41 bits per heavy atom. The third kappa shape index (κ3) is 5.01. The Hall–Kier alpha value is -1.57. The zero-order valence-corrected chi connectivity index (χ0v) is 15.0. The summed E-state index contributed by atoms with van der Waals surface area (Å²) in [6.07, 6.45) is 1.23. The molecule has 0 bridgehead atoms. The van der Waals surface area contributed by atoms with Crippen LogP contribution >= 0.6 is 0 Å². The smallest absolute Gasteiger partial charge is 0.216 e. The predicted molar refractivity (Wildman–Crippen MR) is 87.7 cm³/mol. The molecule has 0 fully saturated rings. The molecule has 0 aromatic carbocycles. The lowest BCUT2D eigenvalue weighted by Crippen LogP contribution is -2.47. The molecule has 0 amide bonds. The normalized spacial score (nSPS) is 13.3. The summed E-state index contributed by atoms with van der Waals surface area (Å²) in [5.41, 5.74) is 0.848. The number of hydrogen-bond donors (Lipinski definition) is 2. The molecule has 0 saturated heterocycles. The van der Waals surface area contributed by atoms with Crippen molar-refractivity contribution in [2.24, 2.45) is 4.99 Å². The number of hydrogen-bond acceptors (Lipinski definition) is 5. The highest BCUT2D eigenvalue weighted by molar-refractivity contribution is 7.92. The second kappa shape index (κ2) is 7.13. The SMILES string of the molecule is CCNC(=NCc1nc(C)c(C)o1)NCC(C)(C)S(C)(=O)=O. The van der Waals surface area contributed by atoms with Crippen LogP contribution in [0.4, 0.5) is 0 Å². The summed E-state index contributed by atoms with van der Waals surface area (Å²) in [4.78, 5) is 8.63. The molecule has 0 saturated carbocycles. The number of nitrogens with one attached hydrogen (secondary N) is 2. The molecule has 1 aromatic heterocycles. The molecule has 126 valence electrons. The number of guanidine groups is 1. The van der Waals surface area contributed by atoms with Crippen molar-refractivity contribution >= 4 is 15.8 Å². The maximum atomic E-state index is 11.7. The van der Waals surface area contributed by atoms with Gasteiger partial charge in [-0.1, -0.05) is 0 Å². The number of aliphatic imine (C=N–C) groups is 1. The number of nitrogens with zero attached hydrogens (tertiary/aromatic N) is 2. The number of aryl methyl sites for hydroxylation is 2. The average Bonchev–Trinajstić information content (AvgIpc) is 2.71. The van der Waals surface area contributed by atoms with E-state index in [9.17, 15) is 8.42 Å². The maximum Gasteiger partial charge on any atom is 0.216 e. The second-order valence-electron chi connectivity index (χ2n) is 5.83. The summed E-state index contributed by atoms with van der Waals surface area (Å²) in [5, 5.41) is 6.12. The largest absolute Gasteiger partial charge is 0.444 e. The molecule has 0 aliphatic heterocycles. The van der Waals surface area contributed by atoms with Crippen LogP contribution in [0.2, 0.25) is 0 Å². The van der Waals surface area contributed by atoms with E-state index in [1.54, 1.807) is 13.8 Å². The lowest BCUT2D eigenvalue weighted by atomic mass is 10.2. The average molecular weight is 330 g/mol. The van der Waals surface area contributed by atoms with Gasteiger partial charge in [-0.25, -0.2) is 18.4 Å². The standard InChI is InChI=1S/C14H26N4O3S/c1-7-15-13(17-9-14(4,5)22(6,19)20)16-8-12-18-10(2)11(3)21-12/h7-9H2,1-6H3,(H2,15,16,17). The van der Waals surface area contributed by atoms with Gasteiger partial charge in [-0.2, -0.15) is 0 Å². The van der Waals surface area contributed by atoms with E-state index in [1.165, 1.54) is 6.26 Å². The molecule has 1 heterocycles. The van der Waals surface area contributed by atoms with Crippen molar-refractivity contribution < 1.29 is 12.8 Å². The third-order valence-electron chi connectivity index (χ3n) is 3.47. The highest BCUT2D eigenvalue weighted by Crippen LogP contribution is 2.13. The Balaban J connectivity index is 2.74. The highest BCUT2D eigenvalue weighted by Gasteiger charge is 2.30. The molecule has 0 aliphatic rings. The Labute approximate surface area is 132 Å². The van der Waals surface area contributed by atoms with E-state index in [0.717, 1.165) is 11.5 Å². The molecule has 22 heavy (non-hydrogen) atoms. The summed E-state index contributed by atoms with van der Waals surface area (Å²) in [7, 11) is -3.16. The monoisotopic (exact) mass is 330 g/mol. The number of rotatable bonds is 6. The molecular formula is C14H26N4O3S. The molecule has 7 nitrogen and oxygen atoms in total. The minimum absolute atomic E-state index is 0.265. The van der Waals surface area contributed by atoms with Gasteiger partial charge in [-0.3, -0.25) is 0 Å². The molecule has 1 rings (SSSR count). The molecule has 8 heteroatoms. The van der Waals surface area contributed by atoms with Crippen molar-refractivity contribution in [3.05, 3.63) is 17.3 Å². The van der Waals surface area contributed by atoms with Crippen molar-refractivity contribution in [3.8, 4) is 0 Å². The van der Waals surface area contributed by atoms with Gasteiger partial charge < -0.3 is 15.1 Å². The summed E-state index contributed by atoms with van der Waals surface area (Å²) in [6.45, 7) is 10.3. The van der Waals surface area contributed by atoms with Crippen LogP contribution in [0.5, 0.6) is 0 Å². The number of oxazole rings is 1. The topological polar surface area (TPSA) is 96.6 Å². The van der Waals surface area contributed by atoms with Crippen LogP contribution < -0.4 is 10.6 Å². The van der Waals surface area contributed by atoms with Gasteiger partial charge in [0.2, 0.25) is 5.89 Å². The van der Waals surface area contributed by atoms with Crippen molar-refractivity contribution in [2.45, 2.75) is 45.9 Å². The quantitative estimate of drug-likeness (QED) is 0.600. The molecule has 1 aromatic rings. The Kier molecular flexibility index (Phi) is 5.99. The molecule has 0 spiro atoms. The van der Waals surface area contributed by atoms with E-state index >= 15 is 0 Å². The fraction of sp³-hybridized carbons (Fsp3) is 0.714. The summed E-state index contributed by atoms with van der Waals surface area (Å²) >= 11 is 0. The molecule has 0 unspecified atom stereocenters. The van der Waals surface area contributed by atoms with Gasteiger partial charge in [-0.05, 0) is 34.6 Å². The zero-order chi connectivity index (χ0) is 17.0. The van der Waals surface area contributed by atoms with Crippen molar-refractivity contribution in [1.29, 1.82) is 0 Å². The number of aromatic nitrogens is 1. The van der Waals surface area contributed by atoms with E-state index in [2.05, 4.69) is 20.6 Å². The first kappa shape index (κ1) is 18.5. The van der Waals surface area contributed by atoms with Gasteiger partial charge in [0.25, 0.3) is 0 Å². The fourth-order valence-electron chi connectivity index (χ4n) is 1.52. The maximum absolute atomic E-state index is 11.7. The van der Waals surface area contributed by atoms with Crippen molar-refractivity contribution in [3.63, 3.8) is 0 Å². The van der Waals surface area contributed by atoms with E-state index < -0.39 is 14.6 Å². The van der Waals surface area contributed by atoms with Gasteiger partial charge in [0, 0.05) is 19.3 Å². The summed E-state index contributed by atoms with van der Waals surface area (Å²) in [6, 6.07) is 0. The lowest BCUT2D eigenvalue weighted by Gasteiger charge is -2.24. The van der Waals surface area contributed by atoms with Crippen LogP contribution in [0.25, 0.3) is 0 Å². The van der Waals surface area contributed by atoms with E-state index in [4.69, 9.17) is 4.42 Å². The molecule has 2 N–H and O–H groups in total. The van der Waals surface area contributed by atoms with Gasteiger partial charge in [0.1, 0.15) is 12.3 Å². The van der Waals surface area contributed by atoms with Crippen LogP contribution in [0.15, 0.2) is 9.41 Å². The first-order valence-corrected chi connectivity index (χ1v) is 9.10. The fourth-order valence-corrected chi connectivity index (χ4v) is 1.86. The van der Waals surface area contributed by atoms with Crippen molar-refractivity contribution in [2.75, 3.05) is 19.3 Å². The third-order valence-corrected chi connectivity index (χ3v) is 5.63. The summed E-state index contributed by atoms with van der Waals surface area (Å²) in [5.74, 6) is 1.85. The Morgan fingerprint density at radius 1 is 1.32 bits per heavy atom. The van der Waals surface area contributed by atoms with Crippen LogP contribution in [-0.4, -0.2) is 43.5 Å². The van der Waals surface area contributed by atoms with Gasteiger partial charge in [0.05, 0.1) is 10.4 Å². The first-order chi connectivity index (χ1) is 10.1. The van der Waals surface area contributed by atoms with E-state index in [-0.39, 0.29) is 6.54 Å². The predicted octanol–water partition coefficient (Wildman–Crippen LogP) is 1.17. The Bertz CT molecular complexity index is 613. The van der Waals surface area contributed by atoms with Crippen molar-refractivity contribution in [1.82, 2.24) is 15.6 Å². The number of sulfone groups is 1. The highest BCUT2D eigenvalue weighted by atomic mass is 32.2. The molecular weight excluding hydrogens is 304 g/mol. The van der Waals surface area contributed by atoms with Gasteiger partial charge >= 0.3 is 0 Å². The summed E-state index contributed by atoms with van der Waals surface area (Å²) < 4.78 is 28.0. The van der Waals surface area contributed by atoms with Gasteiger partial charge in [0.15, 0.2) is 15.8 Å². The van der Waals surface area contributed by atoms with Gasteiger partial charge in [-0.15, -0.1) is 0 Å². The minimum atomic E-state index is -3.16. The second-order valence-corrected chi connectivity index (χ2v) is 8.48. The van der Waals surface area contributed by atoms with Crippen LogP contribution in [0.3, 0.4) is 0 Å². The Morgan fingerprint density at radius 2 is 1.95 bits per heavy atom. The first-order valence-electron chi connectivity index (χ1n) is 7.21. The van der Waals surface area contributed by atoms with Crippen LogP contribution in [-0.2, 0) is 16.4 Å². The molecule has 0 aliphatic carbocycles. The lowest BCUT2D eigenvalue weighted by molar-refractivity contribution is 0.472. The van der Waals surface area contributed by atoms with E-state index in [1.807, 2.05) is 20.8 Å². The minimum Gasteiger partial charge on any atom is -0.444 e. The van der Waals surface area contributed by atoms with E-state index in [0.29, 0.717) is 24.9 Å². The zero-order valence-electron chi connectivity index (χ0n) is 14.1. The van der Waals surface area contributed by atoms with Crippen LogP contribution in [0.1, 0.15) is 38.1 Å². The molecule has 0 radical (unpaired) electrons. The van der Waals surface area contributed by atoms with Crippen LogP contribution in [0, 0.1) is 13.8 Å².